The minimum absolute atomic E-state index is 0.223. The van der Waals surface area contributed by atoms with Crippen LogP contribution in [-0.2, 0) is 33.2 Å². The van der Waals surface area contributed by atoms with E-state index in [4.69, 9.17) is 28.4 Å². The SMILES string of the molecule is CC/C=C\C/C=C\C/C=C\C/C=C\C/C=C\C/C=C\C/C=C\C/C=C\C/C=C\CCCCCCCCCC(=O)NC(COC1OC(CO)C(OC2OC(CO)C(OC3OC(CO)C(O)C(O)C3O)C(O)C2O)C(O)C1O)C(O)/C=C/CCCCCCCCCCCCCCCCCCCCC. The molecule has 0 saturated carbocycles. The van der Waals surface area contributed by atoms with Gasteiger partial charge >= 0.3 is 0 Å². The van der Waals surface area contributed by atoms with Crippen LogP contribution in [0.2, 0.25) is 0 Å². The molecule has 17 unspecified atom stereocenters. The number of aliphatic hydroxyl groups excluding tert-OH is 11. The molecule has 0 aromatic carbocycles. The number of ether oxygens (including phenoxy) is 6. The van der Waals surface area contributed by atoms with Crippen molar-refractivity contribution in [2.75, 3.05) is 26.4 Å². The van der Waals surface area contributed by atoms with Crippen LogP contribution in [0.1, 0.15) is 258 Å². The van der Waals surface area contributed by atoms with Crippen molar-refractivity contribution in [1.82, 2.24) is 5.32 Å². The molecule has 0 spiro atoms. The molecule has 0 radical (unpaired) electrons. The molecule has 0 aromatic rings. The van der Waals surface area contributed by atoms with Crippen molar-refractivity contribution in [3.63, 3.8) is 0 Å². The van der Waals surface area contributed by atoms with Crippen molar-refractivity contribution >= 4 is 5.91 Å². The first-order valence-electron chi connectivity index (χ1n) is 39.3. The molecule has 580 valence electrons. The van der Waals surface area contributed by atoms with Crippen LogP contribution in [0.4, 0.5) is 0 Å². The summed E-state index contributed by atoms with van der Waals surface area (Å²) < 4.78 is 34.4. The minimum atomic E-state index is -1.99. The van der Waals surface area contributed by atoms with Crippen LogP contribution in [0.3, 0.4) is 0 Å². The van der Waals surface area contributed by atoms with E-state index >= 15 is 0 Å². The average Bonchev–Trinajstić information content (AvgIpc) is 0.782. The van der Waals surface area contributed by atoms with Crippen molar-refractivity contribution in [3.8, 4) is 0 Å². The van der Waals surface area contributed by atoms with E-state index in [0.717, 1.165) is 128 Å². The van der Waals surface area contributed by atoms with Gasteiger partial charge in [0.25, 0.3) is 0 Å². The maximum atomic E-state index is 13.5. The Morgan fingerprint density at radius 2 is 0.683 bits per heavy atom. The third kappa shape index (κ3) is 41.6. The molecule has 19 heteroatoms. The molecule has 0 aromatic heterocycles. The first kappa shape index (κ1) is 91.4. The molecule has 0 bridgehead atoms. The summed E-state index contributed by atoms with van der Waals surface area (Å²) in [6.45, 7) is 1.62. The van der Waals surface area contributed by atoms with Crippen molar-refractivity contribution < 1.29 is 89.4 Å². The number of carbonyl (C=O) groups excluding carboxylic acids is 1. The molecule has 101 heavy (non-hydrogen) atoms. The summed E-state index contributed by atoms with van der Waals surface area (Å²) in [7, 11) is 0. The molecule has 3 fully saturated rings. The molecule has 3 aliphatic heterocycles. The highest BCUT2D eigenvalue weighted by Crippen LogP contribution is 2.33. The number of nitrogens with one attached hydrogen (secondary N) is 1. The molecule has 17 atom stereocenters. The summed E-state index contributed by atoms with van der Waals surface area (Å²) in [5.41, 5.74) is 0. The zero-order valence-electron chi connectivity index (χ0n) is 61.8. The number of hydrogen-bond acceptors (Lipinski definition) is 18. The predicted octanol–water partition coefficient (Wildman–Crippen LogP) is 12.7. The summed E-state index contributed by atoms with van der Waals surface area (Å²) in [6.07, 6.45) is 58.8. The second kappa shape index (κ2) is 61.4. The quantitative estimate of drug-likeness (QED) is 0.0199. The maximum Gasteiger partial charge on any atom is 0.220 e. The summed E-state index contributed by atoms with van der Waals surface area (Å²) in [5.74, 6) is -0.290. The van der Waals surface area contributed by atoms with E-state index in [1.807, 2.05) is 6.08 Å². The highest BCUT2D eigenvalue weighted by Gasteiger charge is 2.53. The number of hydrogen-bond donors (Lipinski definition) is 12. The van der Waals surface area contributed by atoms with E-state index in [0.29, 0.717) is 6.42 Å². The van der Waals surface area contributed by atoms with Crippen LogP contribution in [-0.4, -0.2) is 193 Å². The lowest BCUT2D eigenvalue weighted by Crippen LogP contribution is -2.66. The zero-order valence-corrected chi connectivity index (χ0v) is 61.8. The van der Waals surface area contributed by atoms with Gasteiger partial charge in [0.05, 0.1) is 38.6 Å². The Labute approximate surface area is 608 Å². The third-order valence-corrected chi connectivity index (χ3v) is 18.8. The van der Waals surface area contributed by atoms with Crippen molar-refractivity contribution in [2.45, 2.75) is 362 Å². The lowest BCUT2D eigenvalue weighted by Gasteiger charge is -2.48. The van der Waals surface area contributed by atoms with Gasteiger partial charge in [-0.3, -0.25) is 4.79 Å². The van der Waals surface area contributed by atoms with E-state index in [1.165, 1.54) is 103 Å². The standard InChI is InChI=1S/C82H139NO18/c1-3-5-7-9-11-13-15-17-19-21-23-25-26-27-28-29-30-31-32-33-34-35-36-37-38-40-42-44-46-48-50-52-54-56-58-60-70(88)83-65(66(87)59-57-55-53-51-49-47-45-43-41-39-24-22-20-18-16-14-12-10-8-6-4-2)64-96-80-76(94)73(91)78(68(62-85)98-80)101-82-77(95)74(92)79(69(63-86)99-82)100-81-75(93)72(90)71(89)67(61-84)97-81/h5,7,11,13,17,19,23,25,27-28,30-31,33-34,36-37,40,42,57,59,65-69,71-82,84-87,89-95H,3-4,6,8-10,12,14-16,18,20-22,24,26,29,32,35,38-39,41,43-56,58,60-64H2,1-2H3,(H,83,88)/b7-5-,13-11-,19-17-,25-23-,28-27-,31-30-,34-33-,37-36-,42-40-,59-57+. The molecule has 19 nitrogen and oxygen atoms in total. The molecule has 12 N–H and O–H groups in total. The Morgan fingerprint density at radius 3 is 1.07 bits per heavy atom. The predicted molar refractivity (Wildman–Crippen MR) is 401 cm³/mol. The van der Waals surface area contributed by atoms with E-state index in [1.54, 1.807) is 6.08 Å². The van der Waals surface area contributed by atoms with Crippen molar-refractivity contribution in [1.29, 1.82) is 0 Å². The van der Waals surface area contributed by atoms with Gasteiger partial charge in [-0.2, -0.15) is 0 Å². The summed E-state index contributed by atoms with van der Waals surface area (Å²) in [5, 5.41) is 121. The van der Waals surface area contributed by atoms with Crippen molar-refractivity contribution in [3.05, 3.63) is 122 Å². The molecule has 3 heterocycles. The van der Waals surface area contributed by atoms with Gasteiger partial charge in [-0.05, 0) is 89.9 Å². The van der Waals surface area contributed by atoms with Crippen LogP contribution >= 0.6 is 0 Å². The lowest BCUT2D eigenvalue weighted by atomic mass is 9.96. The van der Waals surface area contributed by atoms with Crippen LogP contribution < -0.4 is 5.32 Å². The first-order valence-corrected chi connectivity index (χ1v) is 39.3. The Bertz CT molecular complexity index is 2300. The Balaban J connectivity index is 1.39. The third-order valence-electron chi connectivity index (χ3n) is 18.8. The first-order chi connectivity index (χ1) is 49.3. The molecule has 0 aliphatic carbocycles. The molecular formula is C82H139NO18. The fraction of sp³-hybridized carbons (Fsp3) is 0.744. The largest absolute Gasteiger partial charge is 0.394 e. The van der Waals surface area contributed by atoms with Crippen LogP contribution in [0.15, 0.2) is 122 Å². The number of allylic oxidation sites excluding steroid dienone is 19. The van der Waals surface area contributed by atoms with Gasteiger partial charge in [-0.1, -0.05) is 283 Å². The van der Waals surface area contributed by atoms with Gasteiger partial charge in [-0.25, -0.2) is 0 Å². The Hall–Kier alpha value is -3.81. The van der Waals surface area contributed by atoms with Gasteiger partial charge in [-0.15, -0.1) is 0 Å². The van der Waals surface area contributed by atoms with Crippen molar-refractivity contribution in [2.24, 2.45) is 0 Å². The number of rotatable bonds is 60. The van der Waals surface area contributed by atoms with Gasteiger partial charge in [0, 0.05) is 6.42 Å². The Kier molecular flexibility index (Phi) is 55.5. The van der Waals surface area contributed by atoms with Crippen LogP contribution in [0.5, 0.6) is 0 Å². The topological polar surface area (TPSA) is 307 Å². The van der Waals surface area contributed by atoms with Gasteiger partial charge < -0.3 is 89.9 Å². The summed E-state index contributed by atoms with van der Waals surface area (Å²) >= 11 is 0. The smallest absolute Gasteiger partial charge is 0.220 e. The average molecular weight is 1430 g/mol. The highest BCUT2D eigenvalue weighted by molar-refractivity contribution is 5.76. The maximum absolute atomic E-state index is 13.5. The van der Waals surface area contributed by atoms with Crippen LogP contribution in [0, 0.1) is 0 Å². The van der Waals surface area contributed by atoms with Gasteiger partial charge in [0.2, 0.25) is 5.91 Å². The van der Waals surface area contributed by atoms with Crippen LogP contribution in [0.25, 0.3) is 0 Å². The van der Waals surface area contributed by atoms with E-state index < -0.39 is 124 Å². The Morgan fingerprint density at radius 1 is 0.366 bits per heavy atom. The van der Waals surface area contributed by atoms with E-state index in [9.17, 15) is 61.0 Å². The number of carbonyl (C=O) groups is 1. The van der Waals surface area contributed by atoms with Gasteiger partial charge in [0.15, 0.2) is 18.9 Å². The highest BCUT2D eigenvalue weighted by atomic mass is 16.8. The van der Waals surface area contributed by atoms with Gasteiger partial charge in [0.1, 0.15) is 73.2 Å². The monoisotopic (exact) mass is 1430 g/mol. The lowest BCUT2D eigenvalue weighted by molar-refractivity contribution is -0.379. The molecule has 3 rings (SSSR count). The minimum Gasteiger partial charge on any atom is -0.394 e. The molecular weight excluding hydrogens is 1290 g/mol. The second-order valence-corrected chi connectivity index (χ2v) is 27.4. The second-order valence-electron chi connectivity index (χ2n) is 27.4. The number of unbranched alkanes of at least 4 members (excludes halogenated alkanes) is 26. The summed E-state index contributed by atoms with van der Waals surface area (Å²) in [4.78, 5) is 13.5. The summed E-state index contributed by atoms with van der Waals surface area (Å²) in [6, 6.07) is -0.989. The number of amides is 1. The molecule has 3 saturated heterocycles. The molecule has 1 amide bonds. The van der Waals surface area contributed by atoms with E-state index in [2.05, 4.69) is 129 Å². The number of aliphatic hydroxyl groups is 11. The molecule has 3 aliphatic rings. The normalized spacial score (nSPS) is 27.0. The fourth-order valence-corrected chi connectivity index (χ4v) is 12.5. The van der Waals surface area contributed by atoms with E-state index in [-0.39, 0.29) is 18.9 Å². The fourth-order valence-electron chi connectivity index (χ4n) is 12.5. The zero-order chi connectivity index (χ0) is 73.2.